The normalized spacial score (nSPS) is 16.9. The lowest BCUT2D eigenvalue weighted by atomic mass is 9.88. The summed E-state index contributed by atoms with van der Waals surface area (Å²) in [5.74, 6) is -0.265. The van der Waals surface area contributed by atoms with Crippen molar-refractivity contribution in [3.8, 4) is 0 Å². The van der Waals surface area contributed by atoms with Gasteiger partial charge in [0, 0.05) is 30.7 Å². The van der Waals surface area contributed by atoms with Gasteiger partial charge in [-0.2, -0.15) is 0 Å². The van der Waals surface area contributed by atoms with E-state index in [2.05, 4.69) is 41.3 Å². The molecule has 0 bridgehead atoms. The van der Waals surface area contributed by atoms with E-state index in [0.29, 0.717) is 22.0 Å². The van der Waals surface area contributed by atoms with Crippen LogP contribution in [-0.2, 0) is 37.0 Å². The van der Waals surface area contributed by atoms with E-state index in [-0.39, 0.29) is 36.9 Å². The van der Waals surface area contributed by atoms with Crippen molar-refractivity contribution in [3.05, 3.63) is 140 Å². The van der Waals surface area contributed by atoms with Crippen LogP contribution in [0.2, 0.25) is 10.0 Å². The van der Waals surface area contributed by atoms with Crippen molar-refractivity contribution < 1.29 is 9.18 Å². The minimum Gasteiger partial charge on any atom is -0.333 e. The van der Waals surface area contributed by atoms with Gasteiger partial charge in [0.05, 0.1) is 16.6 Å². The Morgan fingerprint density at radius 3 is 2.23 bits per heavy atom. The maximum absolute atomic E-state index is 14.8. The summed E-state index contributed by atoms with van der Waals surface area (Å²) in [4.78, 5) is 18.4. The van der Waals surface area contributed by atoms with E-state index >= 15 is 0 Å². The highest BCUT2D eigenvalue weighted by Gasteiger charge is 2.34. The molecule has 1 aliphatic heterocycles. The average molecular weight is 574 g/mol. The fraction of sp³-hybridized carbons (Fsp3) is 0.265. The maximum Gasteiger partial charge on any atom is 0.237 e. The quantitative estimate of drug-likeness (QED) is 0.229. The van der Waals surface area contributed by atoms with Gasteiger partial charge in [-0.1, -0.05) is 102 Å². The minimum absolute atomic E-state index is 0.0117. The summed E-state index contributed by atoms with van der Waals surface area (Å²) in [6.45, 7) is 1.25. The van der Waals surface area contributed by atoms with Gasteiger partial charge in [0.15, 0.2) is 0 Å². The molecule has 40 heavy (non-hydrogen) atoms. The first-order valence-corrected chi connectivity index (χ1v) is 14.6. The monoisotopic (exact) mass is 572 g/mol. The highest BCUT2D eigenvalue weighted by atomic mass is 35.5. The van der Waals surface area contributed by atoms with Crippen LogP contribution in [0, 0.1) is 5.82 Å². The third kappa shape index (κ3) is 5.54. The largest absolute Gasteiger partial charge is 0.333 e. The summed E-state index contributed by atoms with van der Waals surface area (Å²) >= 11 is 13.0. The third-order valence-electron chi connectivity index (χ3n) is 8.40. The van der Waals surface area contributed by atoms with Crippen LogP contribution in [0.15, 0.2) is 91.0 Å². The molecule has 4 aromatic rings. The van der Waals surface area contributed by atoms with Crippen LogP contribution in [-0.4, -0.2) is 34.8 Å². The SMILES string of the molecule is O=C(CN1CCc2ccccc2C1Cc1cccc(Cl)c1Cl)N(Cc1ccccc1F)C1Cc2ccccc2C1. The van der Waals surface area contributed by atoms with Crippen LogP contribution in [0.4, 0.5) is 4.39 Å². The first-order chi connectivity index (χ1) is 19.5. The Morgan fingerprint density at radius 1 is 0.825 bits per heavy atom. The molecule has 2 aliphatic rings. The number of hydrogen-bond donors (Lipinski definition) is 0. The summed E-state index contributed by atoms with van der Waals surface area (Å²) in [5.41, 5.74) is 6.54. The van der Waals surface area contributed by atoms with Gasteiger partial charge in [-0.05, 0) is 65.6 Å². The molecule has 0 saturated carbocycles. The fourth-order valence-corrected chi connectivity index (χ4v) is 6.70. The average Bonchev–Trinajstić information content (AvgIpc) is 3.40. The molecule has 0 N–H and O–H groups in total. The molecule has 1 atom stereocenters. The molecule has 1 amide bonds. The topological polar surface area (TPSA) is 23.6 Å². The summed E-state index contributed by atoms with van der Waals surface area (Å²) in [5, 5.41) is 1.09. The van der Waals surface area contributed by atoms with Gasteiger partial charge in [0.2, 0.25) is 5.91 Å². The summed E-state index contributed by atoms with van der Waals surface area (Å²) in [6, 6.07) is 29.2. The predicted molar refractivity (Wildman–Crippen MR) is 159 cm³/mol. The number of nitrogens with zero attached hydrogens (tertiary/aromatic N) is 2. The van der Waals surface area contributed by atoms with Crippen LogP contribution in [0.1, 0.15) is 39.4 Å². The van der Waals surface area contributed by atoms with Gasteiger partial charge in [-0.15, -0.1) is 0 Å². The van der Waals surface area contributed by atoms with Crippen molar-refractivity contribution in [1.29, 1.82) is 0 Å². The zero-order valence-electron chi connectivity index (χ0n) is 22.2. The molecule has 1 aliphatic carbocycles. The molecule has 1 heterocycles. The molecular formula is C34H31Cl2FN2O. The van der Waals surface area contributed by atoms with E-state index in [1.807, 2.05) is 35.2 Å². The number of carbonyl (C=O) groups excluding carboxylic acids is 1. The number of benzene rings is 4. The zero-order chi connectivity index (χ0) is 27.6. The number of halogens is 3. The van der Waals surface area contributed by atoms with Crippen molar-refractivity contribution >= 4 is 29.1 Å². The van der Waals surface area contributed by atoms with E-state index < -0.39 is 0 Å². The summed E-state index contributed by atoms with van der Waals surface area (Å²) in [6.07, 6.45) is 3.07. The molecule has 1 unspecified atom stereocenters. The van der Waals surface area contributed by atoms with Gasteiger partial charge in [0.1, 0.15) is 5.82 Å². The number of hydrogen-bond acceptors (Lipinski definition) is 2. The van der Waals surface area contributed by atoms with Crippen molar-refractivity contribution in [2.24, 2.45) is 0 Å². The maximum atomic E-state index is 14.8. The van der Waals surface area contributed by atoms with Crippen molar-refractivity contribution in [1.82, 2.24) is 9.80 Å². The van der Waals surface area contributed by atoms with Crippen LogP contribution in [0.5, 0.6) is 0 Å². The highest BCUT2D eigenvalue weighted by molar-refractivity contribution is 6.42. The van der Waals surface area contributed by atoms with Crippen molar-refractivity contribution in [2.45, 2.75) is 44.3 Å². The Morgan fingerprint density at radius 2 is 1.48 bits per heavy atom. The summed E-state index contributed by atoms with van der Waals surface area (Å²) in [7, 11) is 0. The van der Waals surface area contributed by atoms with Gasteiger partial charge in [-0.25, -0.2) is 4.39 Å². The van der Waals surface area contributed by atoms with Gasteiger partial charge >= 0.3 is 0 Å². The van der Waals surface area contributed by atoms with Crippen LogP contribution in [0.25, 0.3) is 0 Å². The fourth-order valence-electron chi connectivity index (χ4n) is 6.30. The second kappa shape index (κ2) is 11.7. The van der Waals surface area contributed by atoms with E-state index in [1.54, 1.807) is 18.2 Å². The molecular weight excluding hydrogens is 542 g/mol. The second-order valence-corrected chi connectivity index (χ2v) is 11.6. The van der Waals surface area contributed by atoms with Gasteiger partial charge in [-0.3, -0.25) is 9.69 Å². The second-order valence-electron chi connectivity index (χ2n) is 10.8. The molecule has 0 saturated heterocycles. The molecule has 4 aromatic carbocycles. The van der Waals surface area contributed by atoms with E-state index in [4.69, 9.17) is 23.2 Å². The molecule has 0 radical (unpaired) electrons. The van der Waals surface area contributed by atoms with Crippen LogP contribution < -0.4 is 0 Å². The molecule has 6 heteroatoms. The summed E-state index contributed by atoms with van der Waals surface area (Å²) < 4.78 is 14.8. The Hall–Kier alpha value is -3.18. The first-order valence-electron chi connectivity index (χ1n) is 13.8. The third-order valence-corrected chi connectivity index (χ3v) is 9.25. The molecule has 204 valence electrons. The zero-order valence-corrected chi connectivity index (χ0v) is 23.7. The van der Waals surface area contributed by atoms with E-state index in [1.165, 1.54) is 28.3 Å². The van der Waals surface area contributed by atoms with Crippen molar-refractivity contribution in [3.63, 3.8) is 0 Å². The lowest BCUT2D eigenvalue weighted by molar-refractivity contribution is -0.136. The van der Waals surface area contributed by atoms with E-state index in [9.17, 15) is 9.18 Å². The van der Waals surface area contributed by atoms with Crippen LogP contribution in [0.3, 0.4) is 0 Å². The lowest BCUT2D eigenvalue weighted by Crippen LogP contribution is -2.48. The Kier molecular flexibility index (Phi) is 7.93. The molecule has 0 spiro atoms. The number of fused-ring (bicyclic) bond motifs is 2. The molecule has 0 aromatic heterocycles. The van der Waals surface area contributed by atoms with Crippen molar-refractivity contribution in [2.75, 3.05) is 13.1 Å². The van der Waals surface area contributed by atoms with Gasteiger partial charge in [0.25, 0.3) is 0 Å². The smallest absolute Gasteiger partial charge is 0.237 e. The van der Waals surface area contributed by atoms with E-state index in [0.717, 1.165) is 31.4 Å². The Balaban J connectivity index is 1.30. The first kappa shape index (κ1) is 27.0. The Bertz CT molecular complexity index is 1520. The standard InChI is InChI=1S/C34H31Cl2FN2O/c35-30-14-7-12-26(34(30)36)20-32-29-13-5-3-8-23(29)16-17-38(32)22-33(40)39(21-27-11-4-6-15-31(27)37)28-18-24-9-1-2-10-25(24)19-28/h1-15,28,32H,16-22H2. The van der Waals surface area contributed by atoms with Gasteiger partial charge < -0.3 is 4.90 Å². The Labute approximate surface area is 245 Å². The molecule has 0 fully saturated rings. The predicted octanol–water partition coefficient (Wildman–Crippen LogP) is 7.47. The molecule has 3 nitrogen and oxygen atoms in total. The number of amides is 1. The highest BCUT2D eigenvalue weighted by Crippen LogP contribution is 2.36. The van der Waals surface area contributed by atoms with Crippen LogP contribution >= 0.6 is 23.2 Å². The lowest BCUT2D eigenvalue weighted by Gasteiger charge is -2.39. The number of carbonyl (C=O) groups is 1. The number of rotatable bonds is 7. The molecule has 6 rings (SSSR count). The minimum atomic E-state index is -0.281.